The van der Waals surface area contributed by atoms with Crippen molar-refractivity contribution in [3.05, 3.63) is 46.7 Å². The van der Waals surface area contributed by atoms with Gasteiger partial charge in [-0.25, -0.2) is 4.68 Å². The minimum atomic E-state index is -0.126. The third-order valence-electron chi connectivity index (χ3n) is 3.28. The van der Waals surface area contributed by atoms with Crippen LogP contribution in [0.5, 0.6) is 5.75 Å². The summed E-state index contributed by atoms with van der Waals surface area (Å²) >= 11 is 5.97. The summed E-state index contributed by atoms with van der Waals surface area (Å²) < 4.78 is 7.21. The molecule has 0 unspecified atom stereocenters. The molecule has 1 aliphatic carbocycles. The molecule has 0 spiro atoms. The van der Waals surface area contributed by atoms with E-state index in [4.69, 9.17) is 16.3 Å². The molecule has 0 saturated heterocycles. The van der Waals surface area contributed by atoms with E-state index in [0.717, 1.165) is 24.2 Å². The van der Waals surface area contributed by atoms with Crippen LogP contribution in [-0.4, -0.2) is 21.7 Å². The second kappa shape index (κ2) is 5.77. The summed E-state index contributed by atoms with van der Waals surface area (Å²) in [6.45, 7) is 2.17. The highest BCUT2D eigenvalue weighted by molar-refractivity contribution is 6.31. The van der Waals surface area contributed by atoms with Crippen LogP contribution in [0.15, 0.2) is 30.5 Å². The van der Waals surface area contributed by atoms with E-state index in [1.807, 2.05) is 13.0 Å². The van der Waals surface area contributed by atoms with Gasteiger partial charge in [0.1, 0.15) is 11.4 Å². The molecule has 21 heavy (non-hydrogen) atoms. The molecule has 110 valence electrons. The Labute approximate surface area is 127 Å². The summed E-state index contributed by atoms with van der Waals surface area (Å²) in [6.07, 6.45) is 3.85. The van der Waals surface area contributed by atoms with Crippen LogP contribution in [0.25, 0.3) is 0 Å². The first-order valence-electron chi connectivity index (χ1n) is 6.85. The van der Waals surface area contributed by atoms with Gasteiger partial charge in [-0.2, -0.15) is 5.10 Å². The number of nitrogens with zero attached hydrogens (tertiary/aromatic N) is 2. The van der Waals surface area contributed by atoms with Gasteiger partial charge in [0.05, 0.1) is 0 Å². The molecule has 0 bridgehead atoms. The Kier molecular flexibility index (Phi) is 3.84. The van der Waals surface area contributed by atoms with E-state index in [1.54, 1.807) is 29.1 Å². The van der Waals surface area contributed by atoms with Gasteiger partial charge < -0.3 is 10.1 Å². The van der Waals surface area contributed by atoms with E-state index in [9.17, 15) is 4.79 Å². The van der Waals surface area contributed by atoms with E-state index in [-0.39, 0.29) is 12.6 Å². The maximum absolute atomic E-state index is 11.8. The Bertz CT molecular complexity index is 665. The van der Waals surface area contributed by atoms with Gasteiger partial charge in [0.15, 0.2) is 6.73 Å². The number of benzene rings is 1. The van der Waals surface area contributed by atoms with Gasteiger partial charge in [-0.15, -0.1) is 0 Å². The monoisotopic (exact) mass is 305 g/mol. The predicted octanol–water partition coefficient (Wildman–Crippen LogP) is 2.77. The first-order valence-corrected chi connectivity index (χ1v) is 7.23. The highest BCUT2D eigenvalue weighted by Crippen LogP contribution is 2.21. The zero-order valence-corrected chi connectivity index (χ0v) is 12.4. The van der Waals surface area contributed by atoms with Crippen LogP contribution in [0.4, 0.5) is 0 Å². The molecule has 0 radical (unpaired) electrons. The smallest absolute Gasteiger partial charge is 0.271 e. The zero-order valence-electron chi connectivity index (χ0n) is 11.7. The number of rotatable bonds is 5. The molecule has 1 heterocycles. The third-order valence-corrected chi connectivity index (χ3v) is 3.70. The number of aromatic nitrogens is 2. The van der Waals surface area contributed by atoms with Gasteiger partial charge in [-0.05, 0) is 49.6 Å². The molecule has 0 aliphatic heterocycles. The highest BCUT2D eigenvalue weighted by Gasteiger charge is 2.24. The molecule has 1 aliphatic rings. The molecular weight excluding hydrogens is 290 g/mol. The molecule has 2 aromatic rings. The van der Waals surface area contributed by atoms with E-state index >= 15 is 0 Å². The van der Waals surface area contributed by atoms with E-state index in [1.165, 1.54) is 0 Å². The SMILES string of the molecule is Cc1cc(OCn2ccc(C(=O)NC3CC3)n2)ccc1Cl. The van der Waals surface area contributed by atoms with Crippen molar-refractivity contribution in [1.29, 1.82) is 0 Å². The third kappa shape index (κ3) is 3.55. The van der Waals surface area contributed by atoms with Crippen molar-refractivity contribution in [2.45, 2.75) is 32.5 Å². The molecule has 1 amide bonds. The van der Waals surface area contributed by atoms with Gasteiger partial charge in [0.25, 0.3) is 5.91 Å². The molecule has 1 aromatic carbocycles. The number of nitrogens with one attached hydrogen (secondary N) is 1. The van der Waals surface area contributed by atoms with Crippen molar-refractivity contribution in [3.63, 3.8) is 0 Å². The van der Waals surface area contributed by atoms with Gasteiger partial charge in [0.2, 0.25) is 0 Å². The van der Waals surface area contributed by atoms with E-state index in [0.29, 0.717) is 16.8 Å². The van der Waals surface area contributed by atoms with Crippen molar-refractivity contribution < 1.29 is 9.53 Å². The van der Waals surface area contributed by atoms with Gasteiger partial charge in [-0.1, -0.05) is 11.6 Å². The fourth-order valence-electron chi connectivity index (χ4n) is 1.89. The van der Waals surface area contributed by atoms with Crippen LogP contribution < -0.4 is 10.1 Å². The van der Waals surface area contributed by atoms with Crippen LogP contribution in [0.3, 0.4) is 0 Å². The first-order chi connectivity index (χ1) is 10.1. The summed E-state index contributed by atoms with van der Waals surface area (Å²) in [7, 11) is 0. The summed E-state index contributed by atoms with van der Waals surface area (Å²) in [5, 5.41) is 7.81. The molecular formula is C15H16ClN3O2. The second-order valence-corrected chi connectivity index (χ2v) is 5.58. The average Bonchev–Trinajstić information content (AvgIpc) is 3.15. The number of hydrogen-bond donors (Lipinski definition) is 1. The number of aryl methyl sites for hydroxylation is 1. The molecule has 1 saturated carbocycles. The standard InChI is InChI=1S/C15H16ClN3O2/c1-10-8-12(4-5-13(10)16)21-9-19-7-6-14(18-19)15(20)17-11-2-3-11/h4-8,11H,2-3,9H2,1H3,(H,17,20). The van der Waals surface area contributed by atoms with Gasteiger partial charge in [-0.3, -0.25) is 4.79 Å². The van der Waals surface area contributed by atoms with E-state index in [2.05, 4.69) is 10.4 Å². The van der Waals surface area contributed by atoms with Crippen molar-refractivity contribution in [2.75, 3.05) is 0 Å². The lowest BCUT2D eigenvalue weighted by Crippen LogP contribution is -2.26. The van der Waals surface area contributed by atoms with Crippen LogP contribution >= 0.6 is 11.6 Å². The summed E-state index contributed by atoms with van der Waals surface area (Å²) in [6, 6.07) is 7.49. The number of hydrogen-bond acceptors (Lipinski definition) is 3. The zero-order chi connectivity index (χ0) is 14.8. The quantitative estimate of drug-likeness (QED) is 0.924. The Morgan fingerprint density at radius 2 is 2.29 bits per heavy atom. The number of carbonyl (C=O) groups excluding carboxylic acids is 1. The summed E-state index contributed by atoms with van der Waals surface area (Å²) in [5.41, 5.74) is 1.37. The van der Waals surface area contributed by atoms with Crippen molar-refractivity contribution in [2.24, 2.45) is 0 Å². The molecule has 5 nitrogen and oxygen atoms in total. The van der Waals surface area contributed by atoms with Crippen LogP contribution in [-0.2, 0) is 6.73 Å². The minimum absolute atomic E-state index is 0.126. The Balaban J connectivity index is 1.58. The lowest BCUT2D eigenvalue weighted by Gasteiger charge is -2.07. The van der Waals surface area contributed by atoms with Crippen LogP contribution in [0, 0.1) is 6.92 Å². The Morgan fingerprint density at radius 3 is 3.00 bits per heavy atom. The molecule has 1 N–H and O–H groups in total. The number of carbonyl (C=O) groups is 1. The maximum atomic E-state index is 11.8. The molecule has 1 aromatic heterocycles. The molecule has 0 atom stereocenters. The fraction of sp³-hybridized carbons (Fsp3) is 0.333. The lowest BCUT2D eigenvalue weighted by atomic mass is 10.2. The number of amides is 1. The Morgan fingerprint density at radius 1 is 1.48 bits per heavy atom. The molecule has 1 fully saturated rings. The van der Waals surface area contributed by atoms with Gasteiger partial charge in [0, 0.05) is 17.3 Å². The topological polar surface area (TPSA) is 56.1 Å². The van der Waals surface area contributed by atoms with Crippen LogP contribution in [0.2, 0.25) is 5.02 Å². The predicted molar refractivity (Wildman–Crippen MR) is 79.5 cm³/mol. The van der Waals surface area contributed by atoms with Crippen molar-refractivity contribution in [1.82, 2.24) is 15.1 Å². The number of ether oxygens (including phenoxy) is 1. The average molecular weight is 306 g/mol. The fourth-order valence-corrected chi connectivity index (χ4v) is 2.01. The highest BCUT2D eigenvalue weighted by atomic mass is 35.5. The van der Waals surface area contributed by atoms with Crippen molar-refractivity contribution >= 4 is 17.5 Å². The van der Waals surface area contributed by atoms with Crippen LogP contribution in [0.1, 0.15) is 28.9 Å². The maximum Gasteiger partial charge on any atom is 0.271 e. The largest absolute Gasteiger partial charge is 0.471 e. The first kappa shape index (κ1) is 13.9. The summed E-state index contributed by atoms with van der Waals surface area (Å²) in [5.74, 6) is 0.593. The summed E-state index contributed by atoms with van der Waals surface area (Å²) in [4.78, 5) is 11.8. The lowest BCUT2D eigenvalue weighted by molar-refractivity contribution is 0.0944. The van der Waals surface area contributed by atoms with Gasteiger partial charge >= 0.3 is 0 Å². The van der Waals surface area contributed by atoms with Crippen molar-refractivity contribution in [3.8, 4) is 5.75 Å². The minimum Gasteiger partial charge on any atom is -0.471 e. The second-order valence-electron chi connectivity index (χ2n) is 5.17. The molecule has 3 rings (SSSR count). The Hall–Kier alpha value is -2.01. The molecule has 6 heteroatoms. The van der Waals surface area contributed by atoms with E-state index < -0.39 is 0 Å². The number of halogens is 1. The normalized spacial score (nSPS) is 14.0.